The molecule has 1 aromatic heterocycles. The van der Waals surface area contributed by atoms with Gasteiger partial charge >= 0.3 is 5.97 Å². The molecule has 0 saturated heterocycles. The van der Waals surface area contributed by atoms with Crippen molar-refractivity contribution in [1.29, 1.82) is 0 Å². The molecule has 1 aromatic carbocycles. The van der Waals surface area contributed by atoms with E-state index in [-0.39, 0.29) is 19.2 Å². The summed E-state index contributed by atoms with van der Waals surface area (Å²) in [5.74, 6) is -0.365. The molecule has 0 spiro atoms. The molecule has 0 fully saturated rings. The van der Waals surface area contributed by atoms with Crippen LogP contribution in [-0.4, -0.2) is 33.7 Å². The van der Waals surface area contributed by atoms with Gasteiger partial charge < -0.3 is 14.6 Å². The second-order valence-corrected chi connectivity index (χ2v) is 8.28. The molecular formula is C13H12BrNO6S2. The molecule has 0 bridgehead atoms. The highest BCUT2D eigenvalue weighted by Crippen LogP contribution is 2.34. The number of carboxylic acids is 1. The van der Waals surface area contributed by atoms with Gasteiger partial charge in [-0.25, -0.2) is 13.2 Å². The SMILES string of the molecule is COc1cc(NS(=O)(=O)c2cc(C(=O)O)sc2Br)cc(OC)c1. The Kier molecular flexibility index (Phi) is 5.17. The lowest BCUT2D eigenvalue weighted by Crippen LogP contribution is -2.13. The number of carboxylic acid groups (broad SMARTS) is 1. The maximum Gasteiger partial charge on any atom is 0.345 e. The number of halogens is 1. The zero-order valence-electron chi connectivity index (χ0n) is 12.0. The van der Waals surface area contributed by atoms with Crippen LogP contribution in [0.15, 0.2) is 32.9 Å². The smallest absolute Gasteiger partial charge is 0.345 e. The third-order valence-electron chi connectivity index (χ3n) is 2.76. The summed E-state index contributed by atoms with van der Waals surface area (Å²) >= 11 is 3.90. The molecule has 0 aliphatic rings. The van der Waals surface area contributed by atoms with E-state index in [1.807, 2.05) is 0 Å². The number of sulfonamides is 1. The summed E-state index contributed by atoms with van der Waals surface area (Å²) in [4.78, 5) is 10.7. The Hall–Kier alpha value is -1.78. The maximum atomic E-state index is 12.4. The molecule has 124 valence electrons. The minimum atomic E-state index is -3.97. The van der Waals surface area contributed by atoms with Crippen LogP contribution in [0.2, 0.25) is 0 Å². The minimum Gasteiger partial charge on any atom is -0.497 e. The molecular weight excluding hydrogens is 410 g/mol. The normalized spacial score (nSPS) is 11.1. The summed E-state index contributed by atoms with van der Waals surface area (Å²) in [6, 6.07) is 5.66. The summed E-state index contributed by atoms with van der Waals surface area (Å²) in [6.45, 7) is 0. The number of nitrogens with one attached hydrogen (secondary N) is 1. The lowest BCUT2D eigenvalue weighted by Gasteiger charge is -2.11. The average Bonchev–Trinajstić information content (AvgIpc) is 2.89. The highest BCUT2D eigenvalue weighted by Gasteiger charge is 2.23. The molecule has 0 unspecified atom stereocenters. The van der Waals surface area contributed by atoms with Crippen LogP contribution in [0, 0.1) is 0 Å². The van der Waals surface area contributed by atoms with Crippen molar-refractivity contribution in [3.05, 3.63) is 32.9 Å². The van der Waals surface area contributed by atoms with E-state index in [0.717, 1.165) is 17.4 Å². The van der Waals surface area contributed by atoms with Crippen LogP contribution in [0.1, 0.15) is 9.67 Å². The standard InChI is InChI=1S/C13H12BrNO6S2/c1-20-8-3-7(4-9(5-8)21-2)15-23(18,19)11-6-10(13(16)17)22-12(11)14/h3-6,15H,1-2H3,(H,16,17). The van der Waals surface area contributed by atoms with Crippen LogP contribution in [0.3, 0.4) is 0 Å². The quantitative estimate of drug-likeness (QED) is 0.742. The van der Waals surface area contributed by atoms with Crippen molar-refractivity contribution in [2.45, 2.75) is 4.90 Å². The fourth-order valence-corrected chi connectivity index (χ4v) is 5.16. The molecule has 0 radical (unpaired) electrons. The van der Waals surface area contributed by atoms with Gasteiger partial charge in [0.2, 0.25) is 0 Å². The molecule has 0 atom stereocenters. The monoisotopic (exact) mass is 421 g/mol. The van der Waals surface area contributed by atoms with Crippen molar-refractivity contribution in [3.8, 4) is 11.5 Å². The summed E-state index contributed by atoms with van der Waals surface area (Å²) in [6.07, 6.45) is 0. The first-order valence-electron chi connectivity index (χ1n) is 6.05. The van der Waals surface area contributed by atoms with Gasteiger partial charge in [-0.3, -0.25) is 4.72 Å². The minimum absolute atomic E-state index is 0.0829. The van der Waals surface area contributed by atoms with E-state index in [4.69, 9.17) is 14.6 Å². The van der Waals surface area contributed by atoms with Crippen LogP contribution in [0.5, 0.6) is 11.5 Å². The number of benzene rings is 1. The third kappa shape index (κ3) is 3.95. The molecule has 10 heteroatoms. The predicted octanol–water partition coefficient (Wildman–Crippen LogP) is 3.03. The number of carbonyl (C=O) groups is 1. The van der Waals surface area contributed by atoms with Gasteiger partial charge in [0.1, 0.15) is 21.3 Å². The second kappa shape index (κ2) is 6.77. The number of aromatic carboxylic acids is 1. The van der Waals surface area contributed by atoms with Crippen molar-refractivity contribution >= 4 is 48.9 Å². The largest absolute Gasteiger partial charge is 0.497 e. The molecule has 2 aromatic rings. The van der Waals surface area contributed by atoms with Crippen molar-refractivity contribution in [2.75, 3.05) is 18.9 Å². The van der Waals surface area contributed by atoms with Gasteiger partial charge in [0, 0.05) is 18.2 Å². The van der Waals surface area contributed by atoms with Crippen molar-refractivity contribution in [1.82, 2.24) is 0 Å². The first kappa shape index (κ1) is 17.6. The lowest BCUT2D eigenvalue weighted by molar-refractivity contribution is 0.0702. The zero-order chi connectivity index (χ0) is 17.2. The Labute approximate surface area is 145 Å². The van der Waals surface area contributed by atoms with Gasteiger partial charge in [-0.05, 0) is 22.0 Å². The Balaban J connectivity index is 2.40. The van der Waals surface area contributed by atoms with Crippen molar-refractivity contribution < 1.29 is 27.8 Å². The molecule has 0 amide bonds. The van der Waals surface area contributed by atoms with Crippen LogP contribution < -0.4 is 14.2 Å². The van der Waals surface area contributed by atoms with E-state index in [2.05, 4.69) is 20.7 Å². The summed E-state index contributed by atoms with van der Waals surface area (Å²) in [5, 5.41) is 8.96. The molecule has 1 heterocycles. The van der Waals surface area contributed by atoms with Gasteiger partial charge in [-0.1, -0.05) is 0 Å². The van der Waals surface area contributed by atoms with E-state index in [1.165, 1.54) is 26.4 Å². The van der Waals surface area contributed by atoms with Gasteiger partial charge in [0.15, 0.2) is 0 Å². The molecule has 0 aliphatic heterocycles. The van der Waals surface area contributed by atoms with Gasteiger partial charge in [-0.2, -0.15) is 0 Å². The van der Waals surface area contributed by atoms with Gasteiger partial charge in [0.05, 0.1) is 23.7 Å². The molecule has 2 N–H and O–H groups in total. The molecule has 2 rings (SSSR count). The Morgan fingerprint density at radius 3 is 2.17 bits per heavy atom. The van der Waals surface area contributed by atoms with E-state index in [1.54, 1.807) is 6.07 Å². The summed E-state index contributed by atoms with van der Waals surface area (Å²) in [5.41, 5.74) is 0.233. The fraction of sp³-hybridized carbons (Fsp3) is 0.154. The van der Waals surface area contributed by atoms with Crippen LogP contribution in [0.4, 0.5) is 5.69 Å². The zero-order valence-corrected chi connectivity index (χ0v) is 15.2. The Morgan fingerprint density at radius 1 is 1.17 bits per heavy atom. The first-order chi connectivity index (χ1) is 10.8. The van der Waals surface area contributed by atoms with Crippen molar-refractivity contribution in [3.63, 3.8) is 0 Å². The highest BCUT2D eigenvalue weighted by atomic mass is 79.9. The molecule has 0 aliphatic carbocycles. The summed E-state index contributed by atoms with van der Waals surface area (Å²) < 4.78 is 37.6. The first-order valence-corrected chi connectivity index (χ1v) is 9.14. The van der Waals surface area contributed by atoms with Crippen LogP contribution >= 0.6 is 27.3 Å². The van der Waals surface area contributed by atoms with Crippen molar-refractivity contribution in [2.24, 2.45) is 0 Å². The number of hydrogen-bond donors (Lipinski definition) is 2. The van der Waals surface area contributed by atoms with E-state index >= 15 is 0 Å². The number of thiophene rings is 1. The lowest BCUT2D eigenvalue weighted by atomic mass is 10.3. The number of methoxy groups -OCH3 is 2. The predicted molar refractivity (Wildman–Crippen MR) is 89.3 cm³/mol. The van der Waals surface area contributed by atoms with Gasteiger partial charge in [0.25, 0.3) is 10.0 Å². The molecule has 7 nitrogen and oxygen atoms in total. The fourth-order valence-electron chi connectivity index (χ4n) is 1.72. The topological polar surface area (TPSA) is 102 Å². The molecule has 23 heavy (non-hydrogen) atoms. The number of rotatable bonds is 6. The van der Waals surface area contributed by atoms with Crippen LogP contribution in [0.25, 0.3) is 0 Å². The van der Waals surface area contributed by atoms with E-state index in [0.29, 0.717) is 11.5 Å². The number of anilines is 1. The van der Waals surface area contributed by atoms with Gasteiger partial charge in [-0.15, -0.1) is 11.3 Å². The molecule has 0 saturated carbocycles. The maximum absolute atomic E-state index is 12.4. The number of ether oxygens (including phenoxy) is 2. The third-order valence-corrected chi connectivity index (χ3v) is 6.38. The number of hydrogen-bond acceptors (Lipinski definition) is 6. The van der Waals surface area contributed by atoms with E-state index in [9.17, 15) is 13.2 Å². The van der Waals surface area contributed by atoms with Crippen LogP contribution in [-0.2, 0) is 10.0 Å². The van der Waals surface area contributed by atoms with E-state index < -0.39 is 16.0 Å². The average molecular weight is 422 g/mol. The second-order valence-electron chi connectivity index (χ2n) is 4.26. The summed E-state index contributed by atoms with van der Waals surface area (Å²) in [7, 11) is -1.08. The highest BCUT2D eigenvalue weighted by molar-refractivity contribution is 9.11. The Bertz CT molecular complexity index is 824. The Morgan fingerprint density at radius 2 is 1.74 bits per heavy atom.